The van der Waals surface area contributed by atoms with Crippen LogP contribution in [0.5, 0.6) is 17.2 Å². The third-order valence-electron chi connectivity index (χ3n) is 10.7. The topological polar surface area (TPSA) is 107 Å². The van der Waals surface area contributed by atoms with Gasteiger partial charge in [0.25, 0.3) is 5.91 Å². The highest BCUT2D eigenvalue weighted by atomic mass is 79.9. The lowest BCUT2D eigenvalue weighted by atomic mass is 9.81. The minimum Gasteiger partial charge on any atom is -0.492 e. The molecule has 1 saturated carbocycles. The van der Waals surface area contributed by atoms with Crippen LogP contribution in [-0.2, 0) is 14.3 Å². The summed E-state index contributed by atoms with van der Waals surface area (Å²) in [5.41, 5.74) is 1.88. The number of fused-ring (bicyclic) bond motifs is 2. The van der Waals surface area contributed by atoms with Crippen molar-refractivity contribution in [1.29, 1.82) is 0 Å². The van der Waals surface area contributed by atoms with Crippen LogP contribution >= 0.6 is 50.7 Å². The van der Waals surface area contributed by atoms with Gasteiger partial charge in [-0.2, -0.15) is 0 Å². The van der Waals surface area contributed by atoms with Crippen molar-refractivity contribution in [3.05, 3.63) is 93.5 Å². The number of halogens is 4. The zero-order valence-corrected chi connectivity index (χ0v) is 38.9. The maximum Gasteiger partial charge on any atom is 0.411 e. The molecule has 3 aromatic carbocycles. The largest absolute Gasteiger partial charge is 0.492 e. The molecular formula is C45H53BrCl3N3O8. The van der Waals surface area contributed by atoms with Crippen LogP contribution in [0.25, 0.3) is 5.57 Å². The van der Waals surface area contributed by atoms with Gasteiger partial charge in [0.15, 0.2) is 5.60 Å². The third kappa shape index (κ3) is 11.3. The minimum absolute atomic E-state index is 0.0167. The Morgan fingerprint density at radius 2 is 1.33 bits per heavy atom. The van der Waals surface area contributed by atoms with Gasteiger partial charge in [-0.25, -0.2) is 9.59 Å². The Labute approximate surface area is 376 Å². The maximum absolute atomic E-state index is 15.3. The highest BCUT2D eigenvalue weighted by Crippen LogP contribution is 2.44. The van der Waals surface area contributed by atoms with Gasteiger partial charge in [-0.05, 0) is 139 Å². The molecule has 3 amide bonds. The molecule has 2 unspecified atom stereocenters. The van der Waals surface area contributed by atoms with E-state index in [2.05, 4.69) is 15.9 Å². The molecule has 0 N–H and O–H groups in total. The first-order valence-electron chi connectivity index (χ1n) is 20.1. The molecule has 60 heavy (non-hydrogen) atoms. The van der Waals surface area contributed by atoms with Crippen molar-refractivity contribution in [2.24, 2.45) is 0 Å². The predicted molar refractivity (Wildman–Crippen MR) is 237 cm³/mol. The summed E-state index contributed by atoms with van der Waals surface area (Å²) in [5.74, 6) is 1.82. The van der Waals surface area contributed by atoms with Crippen molar-refractivity contribution >= 4 is 74.4 Å². The third-order valence-corrected chi connectivity index (χ3v) is 12.6. The second-order valence-electron chi connectivity index (χ2n) is 16.9. The number of benzene rings is 3. The Morgan fingerprint density at radius 3 is 1.90 bits per heavy atom. The van der Waals surface area contributed by atoms with Crippen LogP contribution < -0.4 is 14.2 Å². The summed E-state index contributed by atoms with van der Waals surface area (Å²) in [7, 11) is 0. The molecule has 6 rings (SSSR count). The van der Waals surface area contributed by atoms with Crippen LogP contribution in [0, 0.1) is 13.8 Å². The molecule has 11 nitrogen and oxygen atoms in total. The molecule has 2 bridgehead atoms. The lowest BCUT2D eigenvalue weighted by Gasteiger charge is -2.51. The van der Waals surface area contributed by atoms with Crippen LogP contribution in [-0.4, -0.2) is 105 Å². The number of carbonyl (C=O) groups excluding carboxylic acids is 3. The predicted octanol–water partition coefficient (Wildman–Crippen LogP) is 10.3. The summed E-state index contributed by atoms with van der Waals surface area (Å²) in [6.45, 7) is 13.8. The van der Waals surface area contributed by atoms with Crippen LogP contribution in [0.4, 0.5) is 9.59 Å². The van der Waals surface area contributed by atoms with Crippen LogP contribution in [0.2, 0.25) is 0 Å². The summed E-state index contributed by atoms with van der Waals surface area (Å²) in [6, 6.07) is 19.5. The van der Waals surface area contributed by atoms with Crippen LogP contribution in [0.15, 0.2) is 76.8 Å². The average Bonchev–Trinajstić information content (AvgIpc) is 4.01. The Kier molecular flexibility index (Phi) is 14.2. The van der Waals surface area contributed by atoms with Gasteiger partial charge in [0, 0.05) is 29.2 Å². The molecule has 2 atom stereocenters. The normalized spacial score (nSPS) is 18.2. The fourth-order valence-electron chi connectivity index (χ4n) is 7.19. The number of ether oxygens (including phenoxy) is 5. The van der Waals surface area contributed by atoms with Gasteiger partial charge in [-0.15, -0.1) is 0 Å². The highest BCUT2D eigenvalue weighted by Gasteiger charge is 2.53. The molecule has 3 aliphatic rings. The second-order valence-corrected chi connectivity index (χ2v) is 20.1. The first kappa shape index (κ1) is 45.7. The Balaban J connectivity index is 1.34. The number of alkyl halides is 3. The number of hydrogen-bond donors (Lipinski definition) is 0. The molecule has 1 aliphatic carbocycles. The molecule has 2 heterocycles. The molecule has 3 aromatic rings. The van der Waals surface area contributed by atoms with E-state index < -0.39 is 39.3 Å². The van der Waals surface area contributed by atoms with Crippen LogP contribution in [0.1, 0.15) is 70.6 Å². The SMILES string of the molecule is Cc1ccc(OCCN(C(=O)C2=C(c3ccc(OCCOc4ccc(Br)cc4)cc3)CC3CN(C(=O)OC(C)(C)C)CC2N3C(=O)OC(C)(C)C(Cl)(Cl)Cl)C2CC2)cc1C. The van der Waals surface area contributed by atoms with Crippen molar-refractivity contribution in [2.45, 2.75) is 101 Å². The van der Waals surface area contributed by atoms with E-state index in [1.807, 2.05) is 85.5 Å². The van der Waals surface area contributed by atoms with Gasteiger partial charge in [-0.3, -0.25) is 9.69 Å². The number of nitrogens with zero attached hydrogens (tertiary/aromatic N) is 3. The Hall–Kier alpha value is -3.84. The summed E-state index contributed by atoms with van der Waals surface area (Å²) < 4.78 is 28.8. The zero-order chi connectivity index (χ0) is 43.6. The van der Waals surface area contributed by atoms with Gasteiger partial charge in [0.1, 0.15) is 42.7 Å². The lowest BCUT2D eigenvalue weighted by Crippen LogP contribution is -2.66. The lowest BCUT2D eigenvalue weighted by molar-refractivity contribution is -0.129. The molecule has 0 radical (unpaired) electrons. The quantitative estimate of drug-likeness (QED) is 0.123. The standard InChI is InChI=1S/C45H53BrCl3N3O8/c1-28-8-15-36(24-29(28)2)56-21-20-51(32-13-14-32)40(53)39-37(30-9-16-34(17-10-30)57-22-23-58-35-18-11-31(46)12-19-35)25-33-26-50(41(54)59-43(3,4)5)27-38(39)52(33)42(55)60-44(6,7)45(47,48)49/h8-12,15-19,24,32-33,38H,13-14,20-23,25-27H2,1-7H3. The van der Waals surface area contributed by atoms with Gasteiger partial charge >= 0.3 is 12.2 Å². The molecule has 2 aliphatic heterocycles. The number of rotatable bonds is 13. The van der Waals surface area contributed by atoms with E-state index in [-0.39, 0.29) is 38.1 Å². The maximum atomic E-state index is 15.3. The fourth-order valence-corrected chi connectivity index (χ4v) is 7.57. The minimum atomic E-state index is -1.95. The summed E-state index contributed by atoms with van der Waals surface area (Å²) in [6.07, 6.45) is 0.569. The van der Waals surface area contributed by atoms with E-state index in [1.165, 1.54) is 18.7 Å². The van der Waals surface area contributed by atoms with E-state index in [1.54, 1.807) is 25.7 Å². The Morgan fingerprint density at radius 1 is 0.750 bits per heavy atom. The molecular weight excluding hydrogens is 897 g/mol. The fraction of sp³-hybridized carbons (Fsp3) is 0.489. The van der Waals surface area contributed by atoms with Crippen LogP contribution in [0.3, 0.4) is 0 Å². The van der Waals surface area contributed by atoms with Gasteiger partial charge in [0.05, 0.1) is 18.6 Å². The smallest absolute Gasteiger partial charge is 0.411 e. The van der Waals surface area contributed by atoms with E-state index in [9.17, 15) is 9.59 Å². The first-order valence-corrected chi connectivity index (χ1v) is 22.0. The van der Waals surface area contributed by atoms with Crippen molar-refractivity contribution in [2.75, 3.05) is 39.5 Å². The number of carbonyl (C=O) groups is 3. The van der Waals surface area contributed by atoms with Gasteiger partial charge in [0.2, 0.25) is 3.79 Å². The summed E-state index contributed by atoms with van der Waals surface area (Å²) >= 11 is 22.3. The van der Waals surface area contributed by atoms with Crippen molar-refractivity contribution in [1.82, 2.24) is 14.7 Å². The van der Waals surface area contributed by atoms with Crippen molar-refractivity contribution in [3.63, 3.8) is 0 Å². The molecule has 0 aromatic heterocycles. The first-order chi connectivity index (χ1) is 28.2. The average molecular weight is 950 g/mol. The van der Waals surface area contributed by atoms with E-state index in [4.69, 9.17) is 58.5 Å². The van der Waals surface area contributed by atoms with Crippen molar-refractivity contribution < 1.29 is 38.1 Å². The number of hydrogen-bond acceptors (Lipinski definition) is 8. The second kappa shape index (κ2) is 18.6. The zero-order valence-electron chi connectivity index (χ0n) is 35.1. The highest BCUT2D eigenvalue weighted by molar-refractivity contribution is 9.10. The Bertz CT molecular complexity index is 2060. The number of amides is 3. The molecule has 0 spiro atoms. The number of aryl methyl sites for hydroxylation is 2. The van der Waals surface area contributed by atoms with E-state index in [0.717, 1.165) is 51.1 Å². The van der Waals surface area contributed by atoms with Crippen molar-refractivity contribution in [3.8, 4) is 17.2 Å². The van der Waals surface area contributed by atoms with Gasteiger partial charge < -0.3 is 33.5 Å². The molecule has 1 saturated heterocycles. The molecule has 15 heteroatoms. The summed E-state index contributed by atoms with van der Waals surface area (Å²) in [4.78, 5) is 48.3. The monoisotopic (exact) mass is 947 g/mol. The van der Waals surface area contributed by atoms with Gasteiger partial charge in [-0.1, -0.05) is 68.9 Å². The summed E-state index contributed by atoms with van der Waals surface area (Å²) in [5, 5.41) is 0. The van der Waals surface area contributed by atoms with E-state index >= 15 is 4.79 Å². The van der Waals surface area contributed by atoms with E-state index in [0.29, 0.717) is 31.1 Å². The molecule has 324 valence electrons. The molecule has 2 fully saturated rings. The number of piperazine rings is 1.